The normalized spacial score (nSPS) is 12.6. The smallest absolute Gasteiger partial charge is 0.267 e. The Morgan fingerprint density at radius 1 is 1.03 bits per heavy atom. The van der Waals surface area contributed by atoms with Crippen molar-refractivity contribution in [2.24, 2.45) is 7.05 Å². The van der Waals surface area contributed by atoms with Crippen molar-refractivity contribution < 1.29 is 28.1 Å². The van der Waals surface area contributed by atoms with Gasteiger partial charge in [-0.05, 0) is 27.7 Å². The van der Waals surface area contributed by atoms with Crippen molar-refractivity contribution in [2.75, 3.05) is 17.9 Å². The number of nitrogens with zero attached hydrogens (tertiary/aromatic N) is 4. The van der Waals surface area contributed by atoms with Gasteiger partial charge in [-0.3, -0.25) is 4.68 Å². The van der Waals surface area contributed by atoms with E-state index in [2.05, 4.69) is 19.8 Å². The number of hydrogen-bond donors (Lipinski definition) is 3. The second-order valence-electron chi connectivity index (χ2n) is 8.15. The molecule has 0 fully saturated rings. The number of sulfonamides is 1. The summed E-state index contributed by atoms with van der Waals surface area (Å²) in [7, 11) is -2.36. The number of rotatable bonds is 11. The van der Waals surface area contributed by atoms with Crippen LogP contribution in [0.4, 0.5) is 5.95 Å². The van der Waals surface area contributed by atoms with Crippen LogP contribution in [-0.4, -0.2) is 62.8 Å². The van der Waals surface area contributed by atoms with Crippen LogP contribution in [0.5, 0.6) is 11.8 Å². The number of ether oxygens (including phenoxy) is 2. The van der Waals surface area contributed by atoms with Crippen LogP contribution < -0.4 is 14.2 Å². The summed E-state index contributed by atoms with van der Waals surface area (Å²) >= 11 is 0. The first-order valence-corrected chi connectivity index (χ1v) is 10.8. The van der Waals surface area contributed by atoms with Gasteiger partial charge in [0, 0.05) is 26.1 Å². The highest BCUT2D eigenvalue weighted by molar-refractivity contribution is 7.92. The molecule has 12 heteroatoms. The van der Waals surface area contributed by atoms with Crippen LogP contribution in [0.1, 0.15) is 40.5 Å². The van der Waals surface area contributed by atoms with Crippen LogP contribution in [0.3, 0.4) is 0 Å². The Labute approximate surface area is 176 Å². The zero-order valence-electron chi connectivity index (χ0n) is 17.8. The van der Waals surface area contributed by atoms with E-state index in [0.717, 1.165) is 0 Å². The third-order valence-electron chi connectivity index (χ3n) is 3.82. The SMILES string of the molecule is Cn1cc(S(=O)(=O)Nc2nc(OCCC(C)(C)O)cc(OCCC(C)(C)O)n2)cn1. The zero-order chi connectivity index (χ0) is 22.6. The monoisotopic (exact) mass is 443 g/mol. The van der Waals surface area contributed by atoms with Gasteiger partial charge in [-0.1, -0.05) is 0 Å². The number of nitrogens with one attached hydrogen (secondary N) is 1. The molecular formula is C18H29N5O6S. The molecule has 2 rings (SSSR count). The van der Waals surface area contributed by atoms with Gasteiger partial charge in [0.2, 0.25) is 17.7 Å². The van der Waals surface area contributed by atoms with Gasteiger partial charge in [0.05, 0.1) is 36.7 Å². The van der Waals surface area contributed by atoms with E-state index in [0.29, 0.717) is 12.8 Å². The molecule has 0 unspecified atom stereocenters. The van der Waals surface area contributed by atoms with Crippen LogP contribution in [0.2, 0.25) is 0 Å². The Balaban J connectivity index is 2.21. The Morgan fingerprint density at radius 3 is 1.93 bits per heavy atom. The molecule has 2 aromatic heterocycles. The van der Waals surface area contributed by atoms with Gasteiger partial charge < -0.3 is 19.7 Å². The summed E-state index contributed by atoms with van der Waals surface area (Å²) in [4.78, 5) is 8.08. The minimum atomic E-state index is -3.96. The number of anilines is 1. The van der Waals surface area contributed by atoms with Crippen LogP contribution in [0, 0.1) is 0 Å². The summed E-state index contributed by atoms with van der Waals surface area (Å²) < 4.78 is 39.8. The maximum absolute atomic E-state index is 12.5. The molecule has 0 spiro atoms. The highest BCUT2D eigenvalue weighted by Crippen LogP contribution is 2.22. The Morgan fingerprint density at radius 2 is 1.53 bits per heavy atom. The first-order valence-electron chi connectivity index (χ1n) is 9.34. The summed E-state index contributed by atoms with van der Waals surface area (Å²) in [5.74, 6) is -0.0781. The van der Waals surface area contributed by atoms with E-state index >= 15 is 0 Å². The maximum atomic E-state index is 12.5. The highest BCUT2D eigenvalue weighted by Gasteiger charge is 2.20. The fourth-order valence-electron chi connectivity index (χ4n) is 2.12. The molecule has 2 aromatic rings. The van der Waals surface area contributed by atoms with Gasteiger partial charge in [-0.15, -0.1) is 0 Å². The fourth-order valence-corrected chi connectivity index (χ4v) is 3.05. The Hall–Kier alpha value is -2.44. The second-order valence-corrected chi connectivity index (χ2v) is 9.83. The van der Waals surface area contributed by atoms with Crippen molar-refractivity contribution in [1.82, 2.24) is 19.7 Å². The van der Waals surface area contributed by atoms with Crippen molar-refractivity contribution in [3.63, 3.8) is 0 Å². The van der Waals surface area contributed by atoms with Gasteiger partial charge >= 0.3 is 0 Å². The van der Waals surface area contributed by atoms with Gasteiger partial charge in [-0.25, -0.2) is 13.1 Å². The molecule has 0 radical (unpaired) electrons. The first-order chi connectivity index (χ1) is 13.7. The first kappa shape index (κ1) is 23.8. The van der Waals surface area contributed by atoms with Crippen LogP contribution in [0.25, 0.3) is 0 Å². The summed E-state index contributed by atoms with van der Waals surface area (Å²) in [6.45, 7) is 6.89. The zero-order valence-corrected chi connectivity index (χ0v) is 18.6. The third kappa shape index (κ3) is 8.13. The van der Waals surface area contributed by atoms with E-state index in [1.165, 1.54) is 23.1 Å². The molecule has 3 N–H and O–H groups in total. The van der Waals surface area contributed by atoms with Crippen LogP contribution in [-0.2, 0) is 17.1 Å². The Bertz CT molecular complexity index is 908. The molecule has 0 bridgehead atoms. The van der Waals surface area contributed by atoms with Gasteiger partial charge in [0.25, 0.3) is 10.0 Å². The molecule has 0 aliphatic heterocycles. The molecular weight excluding hydrogens is 414 g/mol. The lowest BCUT2D eigenvalue weighted by atomic mass is 10.1. The molecule has 11 nitrogen and oxygen atoms in total. The molecule has 30 heavy (non-hydrogen) atoms. The van der Waals surface area contributed by atoms with E-state index in [1.807, 2.05) is 0 Å². The highest BCUT2D eigenvalue weighted by atomic mass is 32.2. The molecule has 0 amide bonds. The third-order valence-corrected chi connectivity index (χ3v) is 5.11. The second kappa shape index (κ2) is 9.14. The average molecular weight is 444 g/mol. The van der Waals surface area contributed by atoms with Crippen LogP contribution in [0.15, 0.2) is 23.4 Å². The quantitative estimate of drug-likeness (QED) is 0.464. The number of aryl methyl sites for hydroxylation is 1. The summed E-state index contributed by atoms with van der Waals surface area (Å²) in [6.07, 6.45) is 3.21. The molecule has 0 aliphatic carbocycles. The summed E-state index contributed by atoms with van der Waals surface area (Å²) in [5, 5.41) is 23.5. The van der Waals surface area contributed by atoms with Gasteiger partial charge in [-0.2, -0.15) is 15.1 Å². The van der Waals surface area contributed by atoms with Crippen LogP contribution >= 0.6 is 0 Å². The standard InChI is InChI=1S/C18H29N5O6S/c1-17(2,24)6-8-28-14-10-15(29-9-7-18(3,4)25)21-16(20-14)22-30(26,27)13-11-19-23(5)12-13/h10-12,24-25H,6-9H2,1-5H3,(H,20,21,22). The lowest BCUT2D eigenvalue weighted by molar-refractivity contribution is 0.0541. The van der Waals surface area contributed by atoms with E-state index in [1.54, 1.807) is 34.7 Å². The van der Waals surface area contributed by atoms with Crippen molar-refractivity contribution >= 4 is 16.0 Å². The van der Waals surface area contributed by atoms with E-state index < -0.39 is 21.2 Å². The lowest BCUT2D eigenvalue weighted by Crippen LogP contribution is -2.23. The molecule has 0 aliphatic rings. The van der Waals surface area contributed by atoms with Gasteiger partial charge in [0.1, 0.15) is 4.90 Å². The maximum Gasteiger partial charge on any atom is 0.267 e. The van der Waals surface area contributed by atoms with E-state index in [9.17, 15) is 18.6 Å². The molecule has 0 saturated carbocycles. The molecule has 168 valence electrons. The Kier molecular flexibility index (Phi) is 7.27. The largest absolute Gasteiger partial charge is 0.477 e. The number of aromatic nitrogens is 4. The van der Waals surface area contributed by atoms with Gasteiger partial charge in [0.15, 0.2) is 0 Å². The summed E-state index contributed by atoms with van der Waals surface area (Å²) in [5.41, 5.74) is -1.85. The van der Waals surface area contributed by atoms with E-state index in [-0.39, 0.29) is 35.8 Å². The minimum Gasteiger partial charge on any atom is -0.477 e. The van der Waals surface area contributed by atoms with Crippen molar-refractivity contribution in [3.05, 3.63) is 18.5 Å². The predicted molar refractivity (Wildman–Crippen MR) is 109 cm³/mol. The van der Waals surface area contributed by atoms with Crippen molar-refractivity contribution in [3.8, 4) is 11.8 Å². The average Bonchev–Trinajstić information content (AvgIpc) is 2.99. The fraction of sp³-hybridized carbons (Fsp3) is 0.611. The van der Waals surface area contributed by atoms with Crippen molar-refractivity contribution in [1.29, 1.82) is 0 Å². The molecule has 0 atom stereocenters. The predicted octanol–water partition coefficient (Wildman–Crippen LogP) is 1.09. The summed E-state index contributed by atoms with van der Waals surface area (Å²) in [6, 6.07) is 1.41. The lowest BCUT2D eigenvalue weighted by Gasteiger charge is -2.18. The van der Waals surface area contributed by atoms with E-state index in [4.69, 9.17) is 9.47 Å². The number of aliphatic hydroxyl groups is 2. The molecule has 0 aromatic carbocycles. The molecule has 0 saturated heterocycles. The topological polar surface area (TPSA) is 149 Å². The number of hydrogen-bond acceptors (Lipinski definition) is 9. The molecule has 2 heterocycles. The minimum absolute atomic E-state index is 0.0496. The van der Waals surface area contributed by atoms with Crippen molar-refractivity contribution in [2.45, 2.75) is 56.6 Å².